The third-order valence-corrected chi connectivity index (χ3v) is 4.25. The van der Waals surface area contributed by atoms with Crippen molar-refractivity contribution >= 4 is 40.1 Å². The summed E-state index contributed by atoms with van der Waals surface area (Å²) >= 11 is 5.84. The average molecular weight is 421 g/mol. The minimum atomic E-state index is -1.08. The molecular weight excluding hydrogens is 403 g/mol. The van der Waals surface area contributed by atoms with Crippen LogP contribution in [0.25, 0.3) is 10.9 Å². The number of methoxy groups -OCH3 is 1. The van der Waals surface area contributed by atoms with Crippen molar-refractivity contribution in [3.63, 3.8) is 0 Å². The predicted octanol–water partition coefficient (Wildman–Crippen LogP) is 4.21. The molecule has 3 aromatic rings. The van der Waals surface area contributed by atoms with E-state index in [9.17, 15) is 9.18 Å². The van der Waals surface area contributed by atoms with E-state index in [1.54, 1.807) is 18.2 Å². The third kappa shape index (κ3) is 5.14. The van der Waals surface area contributed by atoms with Crippen molar-refractivity contribution in [1.29, 1.82) is 0 Å². The second kappa shape index (κ2) is 9.24. The number of benzene rings is 2. The number of fused-ring (bicyclic) bond motifs is 1. The highest BCUT2D eigenvalue weighted by atomic mass is 35.5. The summed E-state index contributed by atoms with van der Waals surface area (Å²) in [5, 5.41) is 14.6. The van der Waals surface area contributed by atoms with Crippen LogP contribution in [0, 0.1) is 5.82 Å². The van der Waals surface area contributed by atoms with E-state index in [1.165, 1.54) is 25.6 Å². The highest BCUT2D eigenvalue weighted by Crippen LogP contribution is 2.35. The Kier molecular flexibility index (Phi) is 6.50. The van der Waals surface area contributed by atoms with E-state index < -0.39 is 11.9 Å². The zero-order chi connectivity index (χ0) is 20.8. The Morgan fingerprint density at radius 2 is 2.07 bits per heavy atom. The number of halogens is 2. The van der Waals surface area contributed by atoms with Crippen LogP contribution in [-0.2, 0) is 0 Å². The topological polar surface area (TPSA) is 106 Å². The van der Waals surface area contributed by atoms with Gasteiger partial charge in [-0.3, -0.25) is 0 Å². The lowest BCUT2D eigenvalue weighted by molar-refractivity contribution is 0.193. The maximum absolute atomic E-state index is 13.4. The third-order valence-electron chi connectivity index (χ3n) is 3.96. The van der Waals surface area contributed by atoms with Gasteiger partial charge in [-0.15, -0.1) is 0 Å². The van der Waals surface area contributed by atoms with Crippen molar-refractivity contribution in [2.45, 2.75) is 6.42 Å². The van der Waals surface area contributed by atoms with Gasteiger partial charge >= 0.3 is 6.09 Å². The van der Waals surface area contributed by atoms with E-state index in [4.69, 9.17) is 26.2 Å². The van der Waals surface area contributed by atoms with Gasteiger partial charge in [0.25, 0.3) is 0 Å². The quantitative estimate of drug-likeness (QED) is 0.469. The molecule has 0 unspecified atom stereocenters. The normalized spacial score (nSPS) is 10.6. The smallest absolute Gasteiger partial charge is 0.404 e. The highest BCUT2D eigenvalue weighted by Gasteiger charge is 2.12. The van der Waals surface area contributed by atoms with Gasteiger partial charge in [-0.1, -0.05) is 11.6 Å². The molecule has 0 aliphatic heterocycles. The SMILES string of the molecule is COc1cc2ncnc(Nc3ccc(F)c(Cl)c3)c2cc1OCCCNC(=O)O. The fourth-order valence-electron chi connectivity index (χ4n) is 2.60. The van der Waals surface area contributed by atoms with Gasteiger partial charge in [0, 0.05) is 23.7 Å². The van der Waals surface area contributed by atoms with E-state index in [0.717, 1.165) is 0 Å². The van der Waals surface area contributed by atoms with Crippen LogP contribution in [0.15, 0.2) is 36.7 Å². The number of carbonyl (C=O) groups is 1. The molecule has 3 N–H and O–H groups in total. The maximum Gasteiger partial charge on any atom is 0.404 e. The number of anilines is 2. The van der Waals surface area contributed by atoms with E-state index in [2.05, 4.69) is 20.6 Å². The number of nitrogens with one attached hydrogen (secondary N) is 2. The molecule has 0 aliphatic rings. The molecule has 152 valence electrons. The molecule has 10 heteroatoms. The average Bonchev–Trinajstić information content (AvgIpc) is 2.70. The second-order valence-corrected chi connectivity index (χ2v) is 6.34. The van der Waals surface area contributed by atoms with Crippen LogP contribution in [0.2, 0.25) is 5.02 Å². The number of aromatic nitrogens is 2. The van der Waals surface area contributed by atoms with Crippen molar-refractivity contribution in [2.75, 3.05) is 25.6 Å². The summed E-state index contributed by atoms with van der Waals surface area (Å²) in [6.07, 6.45) is 0.799. The largest absolute Gasteiger partial charge is 0.493 e. The first-order chi connectivity index (χ1) is 14.0. The summed E-state index contributed by atoms with van der Waals surface area (Å²) in [6.45, 7) is 0.554. The molecular formula is C19H18ClFN4O4. The summed E-state index contributed by atoms with van der Waals surface area (Å²) in [4.78, 5) is 19.0. The van der Waals surface area contributed by atoms with Gasteiger partial charge < -0.3 is 25.2 Å². The maximum atomic E-state index is 13.4. The fraction of sp³-hybridized carbons (Fsp3) is 0.211. The number of ether oxygens (including phenoxy) is 2. The Morgan fingerprint density at radius 1 is 1.24 bits per heavy atom. The molecule has 8 nitrogen and oxygen atoms in total. The number of rotatable bonds is 8. The van der Waals surface area contributed by atoms with Gasteiger partial charge in [0.1, 0.15) is 18.0 Å². The first-order valence-corrected chi connectivity index (χ1v) is 9.00. The van der Waals surface area contributed by atoms with E-state index in [0.29, 0.717) is 40.3 Å². The van der Waals surface area contributed by atoms with Crippen LogP contribution in [-0.4, -0.2) is 41.4 Å². The number of carboxylic acid groups (broad SMARTS) is 1. The van der Waals surface area contributed by atoms with Crippen molar-refractivity contribution < 1.29 is 23.8 Å². The van der Waals surface area contributed by atoms with Crippen molar-refractivity contribution in [1.82, 2.24) is 15.3 Å². The van der Waals surface area contributed by atoms with Crippen LogP contribution < -0.4 is 20.1 Å². The minimum absolute atomic E-state index is 0.00553. The van der Waals surface area contributed by atoms with Gasteiger partial charge in [0.05, 0.1) is 24.3 Å². The zero-order valence-corrected chi connectivity index (χ0v) is 16.2. The lowest BCUT2D eigenvalue weighted by Gasteiger charge is -2.14. The Morgan fingerprint density at radius 3 is 2.79 bits per heavy atom. The van der Waals surface area contributed by atoms with Crippen LogP contribution in [0.5, 0.6) is 11.5 Å². The van der Waals surface area contributed by atoms with Gasteiger partial charge in [0.2, 0.25) is 0 Å². The summed E-state index contributed by atoms with van der Waals surface area (Å²) in [5.41, 5.74) is 1.18. The van der Waals surface area contributed by atoms with Gasteiger partial charge in [-0.05, 0) is 30.7 Å². The Labute approximate surface area is 170 Å². The molecule has 0 bridgehead atoms. The van der Waals surface area contributed by atoms with Gasteiger partial charge in [-0.2, -0.15) is 0 Å². The molecule has 0 atom stereocenters. The molecule has 2 aromatic carbocycles. The molecule has 0 saturated carbocycles. The number of nitrogens with zero attached hydrogens (tertiary/aromatic N) is 2. The Balaban J connectivity index is 1.85. The highest BCUT2D eigenvalue weighted by molar-refractivity contribution is 6.31. The zero-order valence-electron chi connectivity index (χ0n) is 15.4. The van der Waals surface area contributed by atoms with Crippen LogP contribution >= 0.6 is 11.6 Å². The Bertz CT molecular complexity index is 1030. The minimum Gasteiger partial charge on any atom is -0.493 e. The second-order valence-electron chi connectivity index (χ2n) is 5.93. The van der Waals surface area contributed by atoms with Crippen molar-refractivity contribution in [3.05, 3.63) is 47.5 Å². The van der Waals surface area contributed by atoms with Gasteiger partial charge in [-0.25, -0.2) is 19.2 Å². The summed E-state index contributed by atoms with van der Waals surface area (Å²) < 4.78 is 24.5. The van der Waals surface area contributed by atoms with Crippen LogP contribution in [0.1, 0.15) is 6.42 Å². The Hall–Kier alpha value is -3.33. The molecule has 29 heavy (non-hydrogen) atoms. The fourth-order valence-corrected chi connectivity index (χ4v) is 2.78. The molecule has 3 rings (SSSR count). The van der Waals surface area contributed by atoms with Crippen molar-refractivity contribution in [2.24, 2.45) is 0 Å². The first kappa shape index (κ1) is 20.4. The number of hydrogen-bond acceptors (Lipinski definition) is 6. The van der Waals surface area contributed by atoms with E-state index in [-0.39, 0.29) is 18.2 Å². The van der Waals surface area contributed by atoms with Gasteiger partial charge in [0.15, 0.2) is 11.5 Å². The van der Waals surface area contributed by atoms with Crippen LogP contribution in [0.4, 0.5) is 20.7 Å². The summed E-state index contributed by atoms with van der Waals surface area (Å²) in [7, 11) is 1.51. The standard InChI is InChI=1S/C19H18ClFN4O4/c1-28-16-9-15-12(8-17(16)29-6-2-5-22-19(26)27)18(24-10-23-15)25-11-3-4-14(21)13(20)7-11/h3-4,7-10,22H,2,5-6H2,1H3,(H,26,27)(H,23,24,25). The molecule has 0 fully saturated rings. The molecule has 0 aliphatic carbocycles. The number of hydrogen-bond donors (Lipinski definition) is 3. The summed E-state index contributed by atoms with van der Waals surface area (Å²) in [6, 6.07) is 7.71. The molecule has 1 amide bonds. The van der Waals surface area contributed by atoms with Crippen molar-refractivity contribution in [3.8, 4) is 11.5 Å². The molecule has 0 saturated heterocycles. The predicted molar refractivity (Wildman–Crippen MR) is 107 cm³/mol. The van der Waals surface area contributed by atoms with Crippen LogP contribution in [0.3, 0.4) is 0 Å². The first-order valence-electron chi connectivity index (χ1n) is 8.62. The lowest BCUT2D eigenvalue weighted by Crippen LogP contribution is -2.23. The number of amides is 1. The monoisotopic (exact) mass is 420 g/mol. The molecule has 0 radical (unpaired) electrons. The lowest BCUT2D eigenvalue weighted by atomic mass is 10.2. The summed E-state index contributed by atoms with van der Waals surface area (Å²) in [5.74, 6) is 0.920. The van der Waals surface area contributed by atoms with E-state index in [1.807, 2.05) is 0 Å². The molecule has 1 aromatic heterocycles. The molecule has 0 spiro atoms. The van der Waals surface area contributed by atoms with E-state index >= 15 is 0 Å². The molecule has 1 heterocycles.